The highest BCUT2D eigenvalue weighted by Gasteiger charge is 2.28. The Hall–Kier alpha value is -1.89. The monoisotopic (exact) mass is 347 g/mol. The Kier molecular flexibility index (Phi) is 5.50. The molecule has 1 saturated heterocycles. The Balaban J connectivity index is 1.55. The summed E-state index contributed by atoms with van der Waals surface area (Å²) in [5, 5.41) is 11.0. The molecule has 1 aliphatic rings. The zero-order chi connectivity index (χ0) is 16.9. The summed E-state index contributed by atoms with van der Waals surface area (Å²) >= 11 is 1.74. The van der Waals surface area contributed by atoms with Gasteiger partial charge in [-0.05, 0) is 32.6 Å². The lowest BCUT2D eigenvalue weighted by molar-refractivity contribution is 0.151. The molecule has 130 valence electrons. The van der Waals surface area contributed by atoms with E-state index in [1.54, 1.807) is 11.3 Å². The molecule has 3 heterocycles. The third-order valence-corrected chi connectivity index (χ3v) is 5.63. The van der Waals surface area contributed by atoms with Crippen LogP contribution in [-0.4, -0.2) is 39.2 Å². The lowest BCUT2D eigenvalue weighted by Crippen LogP contribution is -2.45. The molecule has 7 heteroatoms. The van der Waals surface area contributed by atoms with Crippen molar-refractivity contribution in [3.63, 3.8) is 0 Å². The molecule has 2 aromatic rings. The number of piperidine rings is 1. The third-order valence-electron chi connectivity index (χ3n) is 4.55. The van der Waals surface area contributed by atoms with Gasteiger partial charge in [-0.25, -0.2) is 9.78 Å². The first kappa shape index (κ1) is 17.0. The Morgan fingerprint density at radius 1 is 1.50 bits per heavy atom. The fourth-order valence-electron chi connectivity index (χ4n) is 3.26. The second-order valence-corrected chi connectivity index (χ2v) is 7.47. The van der Waals surface area contributed by atoms with Crippen LogP contribution in [0.5, 0.6) is 0 Å². The third kappa shape index (κ3) is 3.77. The molecule has 6 nitrogen and oxygen atoms in total. The molecule has 0 unspecified atom stereocenters. The Morgan fingerprint density at radius 3 is 3.08 bits per heavy atom. The van der Waals surface area contributed by atoms with Crippen LogP contribution in [0.15, 0.2) is 12.4 Å². The van der Waals surface area contributed by atoms with E-state index in [1.165, 1.54) is 10.6 Å². The minimum atomic E-state index is 0.0184. The van der Waals surface area contributed by atoms with Gasteiger partial charge in [0.15, 0.2) is 0 Å². The first-order chi connectivity index (χ1) is 11.7. The molecule has 0 saturated carbocycles. The quantitative estimate of drug-likeness (QED) is 0.872. The average molecular weight is 347 g/mol. The highest BCUT2D eigenvalue weighted by molar-refractivity contribution is 7.11. The van der Waals surface area contributed by atoms with Gasteiger partial charge in [0.1, 0.15) is 0 Å². The predicted molar refractivity (Wildman–Crippen MR) is 95.2 cm³/mol. The van der Waals surface area contributed by atoms with E-state index < -0.39 is 0 Å². The van der Waals surface area contributed by atoms with Gasteiger partial charge >= 0.3 is 6.03 Å². The topological polar surface area (TPSA) is 73.9 Å². The van der Waals surface area contributed by atoms with Crippen molar-refractivity contribution in [2.24, 2.45) is 0 Å². The number of aromatic nitrogens is 3. The number of hydrogen-bond acceptors (Lipinski definition) is 4. The van der Waals surface area contributed by atoms with Crippen LogP contribution in [0, 0.1) is 6.92 Å². The summed E-state index contributed by atoms with van der Waals surface area (Å²) in [5.41, 5.74) is 2.27. The van der Waals surface area contributed by atoms with Crippen LogP contribution in [0.2, 0.25) is 0 Å². The summed E-state index contributed by atoms with van der Waals surface area (Å²) in [5.74, 6) is 0. The number of nitrogens with zero attached hydrogens (tertiary/aromatic N) is 3. The molecule has 2 amide bonds. The SMILES string of the molecule is CCc1nc(CCNC(=O)N2CCCC[C@H]2c2cn[nH]c2)sc1C. The van der Waals surface area contributed by atoms with Gasteiger partial charge in [-0.1, -0.05) is 6.92 Å². The molecule has 0 aliphatic carbocycles. The molecule has 1 atom stereocenters. The van der Waals surface area contributed by atoms with Crippen molar-refractivity contribution in [2.75, 3.05) is 13.1 Å². The van der Waals surface area contributed by atoms with Crippen LogP contribution in [-0.2, 0) is 12.8 Å². The van der Waals surface area contributed by atoms with Gasteiger partial charge in [0.25, 0.3) is 0 Å². The van der Waals surface area contributed by atoms with Crippen molar-refractivity contribution in [3.05, 3.63) is 33.5 Å². The van der Waals surface area contributed by atoms with Crippen molar-refractivity contribution in [2.45, 2.75) is 52.0 Å². The van der Waals surface area contributed by atoms with Crippen LogP contribution in [0.4, 0.5) is 4.79 Å². The summed E-state index contributed by atoms with van der Waals surface area (Å²) in [6.07, 6.45) is 8.68. The molecule has 2 aromatic heterocycles. The largest absolute Gasteiger partial charge is 0.338 e. The highest BCUT2D eigenvalue weighted by atomic mass is 32.1. The maximum atomic E-state index is 12.6. The number of rotatable bonds is 5. The number of urea groups is 1. The Bertz CT molecular complexity index is 667. The number of thiazole rings is 1. The van der Waals surface area contributed by atoms with E-state index in [2.05, 4.69) is 34.3 Å². The fraction of sp³-hybridized carbons (Fsp3) is 0.588. The van der Waals surface area contributed by atoms with Crippen LogP contribution < -0.4 is 5.32 Å². The number of carbonyl (C=O) groups is 1. The van der Waals surface area contributed by atoms with E-state index in [9.17, 15) is 4.79 Å². The number of aromatic amines is 1. The molecule has 0 bridgehead atoms. The summed E-state index contributed by atoms with van der Waals surface area (Å²) < 4.78 is 0. The molecule has 0 spiro atoms. The standard InChI is InChI=1S/C17H25N5OS/c1-3-14-12(2)24-16(21-14)7-8-18-17(23)22-9-5-4-6-15(22)13-10-19-20-11-13/h10-11,15H,3-9H2,1-2H3,(H,18,23)(H,19,20)/t15-/m0/s1. The van der Waals surface area contributed by atoms with Crippen LogP contribution in [0.1, 0.15) is 53.4 Å². The first-order valence-corrected chi connectivity index (χ1v) is 9.49. The van der Waals surface area contributed by atoms with Gasteiger partial charge in [-0.3, -0.25) is 5.10 Å². The zero-order valence-electron chi connectivity index (χ0n) is 14.3. The van der Waals surface area contributed by atoms with Crippen molar-refractivity contribution in [1.82, 2.24) is 25.4 Å². The summed E-state index contributed by atoms with van der Waals surface area (Å²) in [6.45, 7) is 5.67. The predicted octanol–water partition coefficient (Wildman–Crippen LogP) is 3.22. The number of amides is 2. The lowest BCUT2D eigenvalue weighted by Gasteiger charge is -2.35. The van der Waals surface area contributed by atoms with Gasteiger partial charge in [0, 0.05) is 36.1 Å². The smallest absolute Gasteiger partial charge is 0.317 e. The Labute approximate surface area is 146 Å². The molecular formula is C17H25N5OS. The van der Waals surface area contributed by atoms with Gasteiger partial charge in [0.05, 0.1) is 22.9 Å². The summed E-state index contributed by atoms with van der Waals surface area (Å²) in [7, 11) is 0. The molecule has 1 aliphatic heterocycles. The normalized spacial score (nSPS) is 17.9. The van der Waals surface area contributed by atoms with E-state index in [0.29, 0.717) is 6.54 Å². The van der Waals surface area contributed by atoms with Gasteiger partial charge in [-0.15, -0.1) is 11.3 Å². The summed E-state index contributed by atoms with van der Waals surface area (Å²) in [4.78, 5) is 20.5. The Morgan fingerprint density at radius 2 is 2.38 bits per heavy atom. The number of aryl methyl sites for hydroxylation is 2. The molecular weight excluding hydrogens is 322 g/mol. The number of likely N-dealkylation sites (tertiary alicyclic amines) is 1. The van der Waals surface area contributed by atoms with Crippen LogP contribution >= 0.6 is 11.3 Å². The number of H-pyrrole nitrogens is 1. The lowest BCUT2D eigenvalue weighted by atomic mass is 9.98. The fourth-order valence-corrected chi connectivity index (χ4v) is 4.29. The van der Waals surface area contributed by atoms with Crippen LogP contribution in [0.3, 0.4) is 0 Å². The van der Waals surface area contributed by atoms with Crippen molar-refractivity contribution in [1.29, 1.82) is 0 Å². The van der Waals surface area contributed by atoms with Gasteiger partial charge in [0.2, 0.25) is 0 Å². The minimum Gasteiger partial charge on any atom is -0.338 e. The molecule has 3 rings (SSSR count). The first-order valence-electron chi connectivity index (χ1n) is 8.67. The molecule has 24 heavy (non-hydrogen) atoms. The number of hydrogen-bond donors (Lipinski definition) is 2. The summed E-state index contributed by atoms with van der Waals surface area (Å²) in [6, 6.07) is 0.149. The number of nitrogens with one attached hydrogen (secondary N) is 2. The van der Waals surface area contributed by atoms with Gasteiger partial charge in [-0.2, -0.15) is 5.10 Å². The van der Waals surface area contributed by atoms with E-state index in [-0.39, 0.29) is 12.1 Å². The van der Waals surface area contributed by atoms with E-state index in [1.807, 2.05) is 17.3 Å². The second kappa shape index (κ2) is 7.79. The van der Waals surface area contributed by atoms with E-state index in [4.69, 9.17) is 0 Å². The highest BCUT2D eigenvalue weighted by Crippen LogP contribution is 2.30. The van der Waals surface area contributed by atoms with Crippen LogP contribution in [0.25, 0.3) is 0 Å². The molecule has 2 N–H and O–H groups in total. The molecule has 0 radical (unpaired) electrons. The maximum Gasteiger partial charge on any atom is 0.317 e. The zero-order valence-corrected chi connectivity index (χ0v) is 15.2. The average Bonchev–Trinajstić information content (AvgIpc) is 3.24. The van der Waals surface area contributed by atoms with Crippen molar-refractivity contribution in [3.8, 4) is 0 Å². The maximum absolute atomic E-state index is 12.6. The number of carbonyl (C=O) groups excluding carboxylic acids is 1. The van der Waals surface area contributed by atoms with Gasteiger partial charge < -0.3 is 10.2 Å². The second-order valence-electron chi connectivity index (χ2n) is 6.18. The molecule has 0 aromatic carbocycles. The minimum absolute atomic E-state index is 0.0184. The van der Waals surface area contributed by atoms with E-state index in [0.717, 1.165) is 49.2 Å². The molecule has 1 fully saturated rings. The van der Waals surface area contributed by atoms with E-state index >= 15 is 0 Å². The van der Waals surface area contributed by atoms with Crippen molar-refractivity contribution < 1.29 is 4.79 Å². The van der Waals surface area contributed by atoms with Crippen molar-refractivity contribution >= 4 is 17.4 Å².